The lowest BCUT2D eigenvalue weighted by molar-refractivity contribution is 0.287. The minimum absolute atomic E-state index is 0.139. The molecule has 8 aromatic carbocycles. The molecule has 8 aromatic rings. The van der Waals surface area contributed by atoms with Crippen molar-refractivity contribution in [2.45, 2.75) is 0 Å². The summed E-state index contributed by atoms with van der Waals surface area (Å²) >= 11 is 12.3. The van der Waals surface area contributed by atoms with Gasteiger partial charge in [-0.1, -0.05) is 180 Å². The first-order valence-electron chi connectivity index (χ1n) is 30.3. The van der Waals surface area contributed by atoms with Crippen molar-refractivity contribution in [2.75, 3.05) is 150 Å². The standard InChI is InChI=1S/C19H19BrN2.C19H19ClN2.C19H19FN2.C19H19IN2/c4*20-18-10-4-5-11-19(18)22-15-13-21(14-16-22)12-6-9-17-7-2-1-3-8-17/h4*1-5,7-8,10-11H,12-16H2. The number of benzene rings is 8. The number of anilines is 4. The molecule has 88 heavy (non-hydrogen) atoms. The van der Waals surface area contributed by atoms with Crippen molar-refractivity contribution < 1.29 is 4.39 Å². The predicted octanol–water partition coefficient (Wildman–Crippen LogP) is 13.6. The third-order valence-electron chi connectivity index (χ3n) is 15.5. The Labute approximate surface area is 550 Å². The molecule has 0 aliphatic carbocycles. The molecule has 0 radical (unpaired) electrons. The Morgan fingerprint density at radius 2 is 0.591 bits per heavy atom. The maximum Gasteiger partial charge on any atom is 0.146 e. The third kappa shape index (κ3) is 21.4. The van der Waals surface area contributed by atoms with Crippen LogP contribution in [0.25, 0.3) is 0 Å². The summed E-state index contributed by atoms with van der Waals surface area (Å²) in [5.41, 5.74) is 8.81. The summed E-state index contributed by atoms with van der Waals surface area (Å²) in [6.45, 7) is 19.4. The molecule has 12 rings (SSSR count). The van der Waals surface area contributed by atoms with Crippen LogP contribution in [0, 0.1) is 56.8 Å². The lowest BCUT2D eigenvalue weighted by atomic mass is 10.2. The molecule has 4 saturated heterocycles. The van der Waals surface area contributed by atoms with Crippen molar-refractivity contribution in [3.05, 3.63) is 260 Å². The number of piperazine rings is 4. The first kappa shape index (κ1) is 64.9. The SMILES string of the molecule is Brc1ccccc1N1CCN(CC#Cc2ccccc2)CC1.Clc1ccccc1N1CCN(CC#Cc2ccccc2)CC1.Fc1ccccc1N1CCN(CC#Cc2ccccc2)CC1.Ic1ccccc1N1CCN(CC#Cc2ccccc2)CC1. The molecule has 4 heterocycles. The Morgan fingerprint density at radius 3 is 0.943 bits per heavy atom. The minimum atomic E-state index is -0.139. The Bertz CT molecular complexity index is 3150. The zero-order valence-electron chi connectivity index (χ0n) is 50.0. The summed E-state index contributed by atoms with van der Waals surface area (Å²) in [6.07, 6.45) is 0. The van der Waals surface area contributed by atoms with Crippen LogP contribution in [0.4, 0.5) is 27.1 Å². The van der Waals surface area contributed by atoms with Crippen LogP contribution in [-0.4, -0.2) is 150 Å². The molecule has 0 aromatic heterocycles. The molecule has 4 aliphatic rings. The smallest absolute Gasteiger partial charge is 0.146 e. The summed E-state index contributed by atoms with van der Waals surface area (Å²) in [6, 6.07) is 72.6. The fraction of sp³-hybridized carbons (Fsp3) is 0.263. The predicted molar refractivity (Wildman–Crippen MR) is 379 cm³/mol. The molecular weight excluding hydrogens is 1290 g/mol. The number of hydrogen-bond donors (Lipinski definition) is 0. The maximum atomic E-state index is 13.8. The van der Waals surface area contributed by atoms with Gasteiger partial charge in [-0.25, -0.2) is 4.39 Å². The van der Waals surface area contributed by atoms with Crippen LogP contribution in [0.1, 0.15) is 22.3 Å². The van der Waals surface area contributed by atoms with Gasteiger partial charge < -0.3 is 19.6 Å². The Morgan fingerprint density at radius 1 is 0.318 bits per heavy atom. The van der Waals surface area contributed by atoms with Crippen molar-refractivity contribution in [1.82, 2.24) is 19.6 Å². The molecule has 0 unspecified atom stereocenters. The van der Waals surface area contributed by atoms with Gasteiger partial charge in [-0.05, 0) is 136 Å². The highest BCUT2D eigenvalue weighted by atomic mass is 127. The monoisotopic (exact) mass is 1360 g/mol. The van der Waals surface area contributed by atoms with Crippen LogP contribution in [-0.2, 0) is 0 Å². The van der Waals surface area contributed by atoms with E-state index in [1.54, 1.807) is 6.07 Å². The maximum absolute atomic E-state index is 13.8. The second kappa shape index (κ2) is 36.1. The summed E-state index contributed by atoms with van der Waals surface area (Å²) in [7, 11) is 0. The zero-order valence-corrected chi connectivity index (χ0v) is 54.5. The van der Waals surface area contributed by atoms with Crippen LogP contribution >= 0.6 is 50.1 Å². The van der Waals surface area contributed by atoms with Gasteiger partial charge in [-0.15, -0.1) is 0 Å². The van der Waals surface area contributed by atoms with E-state index >= 15 is 0 Å². The van der Waals surface area contributed by atoms with Crippen molar-refractivity contribution in [3.8, 4) is 47.4 Å². The number of halogens is 4. The third-order valence-corrected chi connectivity index (χ3v) is 17.4. The van der Waals surface area contributed by atoms with Crippen molar-refractivity contribution in [1.29, 1.82) is 0 Å². The lowest BCUT2D eigenvalue weighted by Gasteiger charge is -2.35. The largest absolute Gasteiger partial charge is 0.368 e. The molecule has 0 bridgehead atoms. The normalized spacial score (nSPS) is 15.2. The number of para-hydroxylation sites is 4. The average Bonchev–Trinajstić information content (AvgIpc) is 3.61. The molecule has 0 atom stereocenters. The number of rotatable bonds is 8. The molecule has 12 heteroatoms. The fourth-order valence-corrected chi connectivity index (χ4v) is 12.0. The molecule has 4 aliphatic heterocycles. The van der Waals surface area contributed by atoms with E-state index in [4.69, 9.17) is 11.6 Å². The summed E-state index contributed by atoms with van der Waals surface area (Å²) < 4.78 is 16.3. The molecule has 448 valence electrons. The van der Waals surface area contributed by atoms with E-state index in [-0.39, 0.29) is 5.82 Å². The first-order chi connectivity index (χ1) is 43.3. The molecule has 0 N–H and O–H groups in total. The van der Waals surface area contributed by atoms with Gasteiger partial charge in [0, 0.05) is 135 Å². The molecular formula is C76H76BrClFIN8. The minimum Gasteiger partial charge on any atom is -0.368 e. The van der Waals surface area contributed by atoms with Crippen LogP contribution in [0.2, 0.25) is 5.02 Å². The molecule has 0 spiro atoms. The summed E-state index contributed by atoms with van der Waals surface area (Å²) in [4.78, 5) is 18.9. The average molecular weight is 1360 g/mol. The van der Waals surface area contributed by atoms with Crippen molar-refractivity contribution in [3.63, 3.8) is 0 Å². The van der Waals surface area contributed by atoms with Crippen molar-refractivity contribution >= 4 is 72.9 Å². The Hall–Kier alpha value is -7.53. The second-order valence-electron chi connectivity index (χ2n) is 21.5. The fourth-order valence-electron chi connectivity index (χ4n) is 10.5. The number of hydrogen-bond acceptors (Lipinski definition) is 8. The quantitative estimate of drug-likeness (QED) is 0.110. The number of nitrogens with zero attached hydrogens (tertiary/aromatic N) is 8. The summed E-state index contributed by atoms with van der Waals surface area (Å²) in [5.74, 6) is 25.8. The van der Waals surface area contributed by atoms with Crippen LogP contribution in [0.3, 0.4) is 0 Å². The highest BCUT2D eigenvalue weighted by molar-refractivity contribution is 14.1. The second-order valence-corrected chi connectivity index (χ2v) is 24.0. The van der Waals surface area contributed by atoms with E-state index in [0.29, 0.717) is 5.69 Å². The van der Waals surface area contributed by atoms with E-state index in [9.17, 15) is 4.39 Å². The summed E-state index contributed by atoms with van der Waals surface area (Å²) in [5, 5.41) is 0.833. The van der Waals surface area contributed by atoms with Crippen molar-refractivity contribution in [2.24, 2.45) is 0 Å². The zero-order chi connectivity index (χ0) is 60.8. The van der Waals surface area contributed by atoms with Gasteiger partial charge in [0.15, 0.2) is 0 Å². The van der Waals surface area contributed by atoms with Gasteiger partial charge >= 0.3 is 0 Å². The molecule has 4 fully saturated rings. The Balaban J connectivity index is 0.000000140. The molecule has 0 saturated carbocycles. The highest BCUT2D eigenvalue weighted by Crippen LogP contribution is 2.28. The van der Waals surface area contributed by atoms with E-state index < -0.39 is 0 Å². The van der Waals surface area contributed by atoms with Gasteiger partial charge in [0.2, 0.25) is 0 Å². The highest BCUT2D eigenvalue weighted by Gasteiger charge is 2.21. The van der Waals surface area contributed by atoms with Gasteiger partial charge in [-0.2, -0.15) is 0 Å². The molecule has 8 nitrogen and oxygen atoms in total. The molecule has 0 amide bonds. The van der Waals surface area contributed by atoms with E-state index in [2.05, 4.69) is 204 Å². The van der Waals surface area contributed by atoms with Gasteiger partial charge in [0.1, 0.15) is 5.82 Å². The van der Waals surface area contributed by atoms with Crippen LogP contribution in [0.15, 0.2) is 223 Å². The lowest BCUT2D eigenvalue weighted by Crippen LogP contribution is -2.46. The Kier molecular flexibility index (Phi) is 26.6. The van der Waals surface area contributed by atoms with Crippen LogP contribution in [0.5, 0.6) is 0 Å². The van der Waals surface area contributed by atoms with E-state index in [1.165, 1.54) is 25.5 Å². The first-order valence-corrected chi connectivity index (χ1v) is 32.6. The van der Waals surface area contributed by atoms with Crippen LogP contribution < -0.4 is 19.6 Å². The van der Waals surface area contributed by atoms with Gasteiger partial charge in [-0.3, -0.25) is 19.6 Å². The van der Waals surface area contributed by atoms with Gasteiger partial charge in [0.25, 0.3) is 0 Å². The topological polar surface area (TPSA) is 25.9 Å². The van der Waals surface area contributed by atoms with E-state index in [1.807, 2.05) is 127 Å². The van der Waals surface area contributed by atoms with E-state index in [0.717, 1.165) is 164 Å². The van der Waals surface area contributed by atoms with Gasteiger partial charge in [0.05, 0.1) is 54.0 Å².